The number of hydrogen-bond acceptors (Lipinski definition) is 2. The molecule has 1 rings (SSSR count). The van der Waals surface area contributed by atoms with Gasteiger partial charge in [-0.1, -0.05) is 13.8 Å². The van der Waals surface area contributed by atoms with Crippen molar-refractivity contribution in [1.29, 1.82) is 0 Å². The molecule has 2 N–H and O–H groups in total. The van der Waals surface area contributed by atoms with Crippen LogP contribution in [0.5, 0.6) is 0 Å². The van der Waals surface area contributed by atoms with Gasteiger partial charge in [0.25, 0.3) is 5.56 Å². The molecule has 0 fully saturated rings. The Morgan fingerprint density at radius 3 is 2.75 bits per heavy atom. The third-order valence-corrected chi connectivity index (χ3v) is 1.75. The van der Waals surface area contributed by atoms with Crippen LogP contribution in [0.3, 0.4) is 0 Å². The summed E-state index contributed by atoms with van der Waals surface area (Å²) in [4.78, 5) is 11.2. The number of aromatic nitrogens is 2. The Morgan fingerprint density at radius 1 is 1.67 bits per heavy atom. The molecular formula is C8H14N2O2. The van der Waals surface area contributed by atoms with Crippen molar-refractivity contribution < 1.29 is 5.11 Å². The van der Waals surface area contributed by atoms with E-state index in [2.05, 4.69) is 5.10 Å². The van der Waals surface area contributed by atoms with Crippen LogP contribution in [0.15, 0.2) is 10.9 Å². The molecule has 0 saturated heterocycles. The molecule has 0 spiro atoms. The van der Waals surface area contributed by atoms with E-state index in [1.54, 1.807) is 6.07 Å². The molecule has 1 aromatic rings. The number of aliphatic hydroxyl groups excluding tert-OH is 1. The SMILES string of the molecule is CC(C)c1cc(=O)n(CCO)[nH]1. The summed E-state index contributed by atoms with van der Waals surface area (Å²) in [6.45, 7) is 4.34. The molecule has 0 bridgehead atoms. The Labute approximate surface area is 70.8 Å². The third-order valence-electron chi connectivity index (χ3n) is 1.75. The Kier molecular flexibility index (Phi) is 2.70. The molecule has 0 radical (unpaired) electrons. The molecule has 68 valence electrons. The van der Waals surface area contributed by atoms with E-state index in [1.807, 2.05) is 13.8 Å². The highest BCUT2D eigenvalue weighted by Crippen LogP contribution is 2.07. The average molecular weight is 170 g/mol. The van der Waals surface area contributed by atoms with Crippen molar-refractivity contribution in [3.63, 3.8) is 0 Å². The molecular weight excluding hydrogens is 156 g/mol. The summed E-state index contributed by atoms with van der Waals surface area (Å²) >= 11 is 0. The molecule has 0 aliphatic heterocycles. The lowest BCUT2D eigenvalue weighted by Gasteiger charge is -2.00. The van der Waals surface area contributed by atoms with E-state index < -0.39 is 0 Å². The van der Waals surface area contributed by atoms with Crippen LogP contribution in [0.1, 0.15) is 25.5 Å². The van der Waals surface area contributed by atoms with E-state index in [0.717, 1.165) is 5.69 Å². The number of hydrogen-bond donors (Lipinski definition) is 2. The Morgan fingerprint density at radius 2 is 2.33 bits per heavy atom. The highest BCUT2D eigenvalue weighted by molar-refractivity contribution is 5.04. The van der Waals surface area contributed by atoms with Crippen LogP contribution in [-0.4, -0.2) is 21.5 Å². The van der Waals surface area contributed by atoms with Gasteiger partial charge in [-0.15, -0.1) is 0 Å². The minimum atomic E-state index is -0.0762. The predicted octanol–water partition coefficient (Wildman–Crippen LogP) is 0.292. The van der Waals surface area contributed by atoms with E-state index >= 15 is 0 Å². The molecule has 0 aliphatic rings. The van der Waals surface area contributed by atoms with Crippen LogP contribution in [0, 0.1) is 0 Å². The first-order valence-corrected chi connectivity index (χ1v) is 4.05. The van der Waals surface area contributed by atoms with Crippen molar-refractivity contribution in [3.05, 3.63) is 22.1 Å². The molecule has 1 heterocycles. The summed E-state index contributed by atoms with van der Waals surface area (Å²) in [5.74, 6) is 0.317. The number of rotatable bonds is 3. The summed E-state index contributed by atoms with van der Waals surface area (Å²) in [5, 5.41) is 11.5. The van der Waals surface area contributed by atoms with Crippen molar-refractivity contribution in [2.24, 2.45) is 0 Å². The molecule has 0 atom stereocenters. The van der Waals surface area contributed by atoms with Crippen molar-refractivity contribution in [2.75, 3.05) is 6.61 Å². The molecule has 0 aliphatic carbocycles. The topological polar surface area (TPSA) is 58.0 Å². The second-order valence-corrected chi connectivity index (χ2v) is 3.08. The third kappa shape index (κ3) is 1.76. The highest BCUT2D eigenvalue weighted by Gasteiger charge is 2.04. The maximum Gasteiger partial charge on any atom is 0.266 e. The second kappa shape index (κ2) is 3.58. The van der Waals surface area contributed by atoms with E-state index in [-0.39, 0.29) is 12.2 Å². The van der Waals surface area contributed by atoms with E-state index in [1.165, 1.54) is 4.68 Å². The molecule has 0 saturated carbocycles. The fourth-order valence-electron chi connectivity index (χ4n) is 1.02. The molecule has 0 aromatic carbocycles. The molecule has 4 heteroatoms. The summed E-state index contributed by atoms with van der Waals surface area (Å²) < 4.78 is 1.41. The predicted molar refractivity (Wildman–Crippen MR) is 46.2 cm³/mol. The van der Waals surface area contributed by atoms with Crippen molar-refractivity contribution >= 4 is 0 Å². The zero-order valence-corrected chi connectivity index (χ0v) is 7.37. The Bertz CT molecular complexity index is 298. The summed E-state index contributed by atoms with van der Waals surface area (Å²) in [6, 6.07) is 1.57. The van der Waals surface area contributed by atoms with Crippen LogP contribution in [0.4, 0.5) is 0 Å². The van der Waals surface area contributed by atoms with Gasteiger partial charge in [-0.05, 0) is 5.92 Å². The number of nitrogens with zero attached hydrogens (tertiary/aromatic N) is 1. The zero-order chi connectivity index (χ0) is 9.14. The van der Waals surface area contributed by atoms with Crippen molar-refractivity contribution in [3.8, 4) is 0 Å². The average Bonchev–Trinajstić information content (AvgIpc) is 2.34. The lowest BCUT2D eigenvalue weighted by molar-refractivity contribution is 0.267. The highest BCUT2D eigenvalue weighted by atomic mass is 16.3. The Hall–Kier alpha value is -1.03. The van der Waals surface area contributed by atoms with Gasteiger partial charge in [-0.2, -0.15) is 0 Å². The quantitative estimate of drug-likeness (QED) is 0.685. The number of aromatic amines is 1. The number of H-pyrrole nitrogens is 1. The molecule has 12 heavy (non-hydrogen) atoms. The molecule has 1 aromatic heterocycles. The van der Waals surface area contributed by atoms with Gasteiger partial charge >= 0.3 is 0 Å². The maximum absolute atomic E-state index is 11.2. The molecule has 4 nitrogen and oxygen atoms in total. The van der Waals surface area contributed by atoms with E-state index in [0.29, 0.717) is 12.5 Å². The number of nitrogens with one attached hydrogen (secondary N) is 1. The van der Waals surface area contributed by atoms with Crippen LogP contribution >= 0.6 is 0 Å². The minimum Gasteiger partial charge on any atom is -0.394 e. The van der Waals surface area contributed by atoms with E-state index in [9.17, 15) is 4.79 Å². The lowest BCUT2D eigenvalue weighted by Crippen LogP contribution is -2.17. The first-order chi connectivity index (χ1) is 5.65. The smallest absolute Gasteiger partial charge is 0.266 e. The van der Waals surface area contributed by atoms with Gasteiger partial charge < -0.3 is 5.11 Å². The van der Waals surface area contributed by atoms with Crippen LogP contribution < -0.4 is 5.56 Å². The van der Waals surface area contributed by atoms with Crippen LogP contribution in [0.25, 0.3) is 0 Å². The van der Waals surface area contributed by atoms with Crippen LogP contribution in [0.2, 0.25) is 0 Å². The normalized spacial score (nSPS) is 11.0. The van der Waals surface area contributed by atoms with Gasteiger partial charge in [0.1, 0.15) is 0 Å². The summed E-state index contributed by atoms with van der Waals surface area (Å²) in [5.41, 5.74) is 0.834. The first kappa shape index (κ1) is 9.06. The summed E-state index contributed by atoms with van der Waals surface area (Å²) in [6.07, 6.45) is 0. The molecule has 0 unspecified atom stereocenters. The number of aliphatic hydroxyl groups is 1. The maximum atomic E-state index is 11.2. The second-order valence-electron chi connectivity index (χ2n) is 3.08. The Balaban J connectivity index is 2.93. The van der Waals surface area contributed by atoms with Crippen molar-refractivity contribution in [2.45, 2.75) is 26.3 Å². The minimum absolute atomic E-state index is 0.0159. The van der Waals surface area contributed by atoms with E-state index in [4.69, 9.17) is 5.11 Å². The zero-order valence-electron chi connectivity index (χ0n) is 7.37. The fraction of sp³-hybridized carbons (Fsp3) is 0.625. The standard InChI is InChI=1S/C8H14N2O2/c1-6(2)7-5-8(12)10(9-7)3-4-11/h5-6,9,11H,3-4H2,1-2H3. The molecule has 0 amide bonds. The van der Waals surface area contributed by atoms with Crippen LogP contribution in [-0.2, 0) is 6.54 Å². The largest absolute Gasteiger partial charge is 0.394 e. The van der Waals surface area contributed by atoms with Gasteiger partial charge in [-0.25, -0.2) is 0 Å². The van der Waals surface area contributed by atoms with Gasteiger partial charge in [0.15, 0.2) is 0 Å². The van der Waals surface area contributed by atoms with Gasteiger partial charge in [0.05, 0.1) is 13.2 Å². The van der Waals surface area contributed by atoms with Gasteiger partial charge in [0, 0.05) is 11.8 Å². The van der Waals surface area contributed by atoms with Gasteiger partial charge in [0.2, 0.25) is 0 Å². The first-order valence-electron chi connectivity index (χ1n) is 4.05. The lowest BCUT2D eigenvalue weighted by atomic mass is 10.1. The van der Waals surface area contributed by atoms with Gasteiger partial charge in [-0.3, -0.25) is 14.6 Å². The van der Waals surface area contributed by atoms with Crippen molar-refractivity contribution in [1.82, 2.24) is 9.78 Å². The monoisotopic (exact) mass is 170 g/mol. The fourth-order valence-corrected chi connectivity index (χ4v) is 1.02. The summed E-state index contributed by atoms with van der Waals surface area (Å²) in [7, 11) is 0.